The molecule has 0 heterocycles. The molecule has 2 aromatic carbocycles. The maximum absolute atomic E-state index is 12.4. The van der Waals surface area contributed by atoms with E-state index in [0.29, 0.717) is 35.5 Å². The van der Waals surface area contributed by atoms with Crippen LogP contribution in [0.15, 0.2) is 46.9 Å². The van der Waals surface area contributed by atoms with Crippen molar-refractivity contribution in [3.05, 3.63) is 58.1 Å². The first-order valence-electron chi connectivity index (χ1n) is 10.0. The van der Waals surface area contributed by atoms with Crippen LogP contribution < -0.4 is 20.3 Å². The average molecular weight is 477 g/mol. The molecule has 6 nitrogen and oxygen atoms in total. The van der Waals surface area contributed by atoms with Crippen molar-refractivity contribution in [1.29, 1.82) is 0 Å². The molecule has 30 heavy (non-hydrogen) atoms. The lowest BCUT2D eigenvalue weighted by molar-refractivity contribution is -0.123. The van der Waals surface area contributed by atoms with E-state index in [9.17, 15) is 9.59 Å². The number of carbonyl (C=O) groups excluding carboxylic acids is 2. The molecule has 0 radical (unpaired) electrons. The van der Waals surface area contributed by atoms with Crippen LogP contribution in [0.4, 0.5) is 0 Å². The van der Waals surface area contributed by atoms with Crippen LogP contribution in [0.3, 0.4) is 0 Å². The van der Waals surface area contributed by atoms with Crippen LogP contribution in [-0.2, 0) is 4.79 Å². The van der Waals surface area contributed by atoms with Gasteiger partial charge in [-0.1, -0.05) is 45.9 Å². The van der Waals surface area contributed by atoms with Gasteiger partial charge in [0.05, 0.1) is 16.6 Å². The van der Waals surface area contributed by atoms with Gasteiger partial charge in [-0.05, 0) is 64.0 Å². The predicted molar refractivity (Wildman–Crippen MR) is 121 cm³/mol. The highest BCUT2D eigenvalue weighted by Crippen LogP contribution is 2.28. The van der Waals surface area contributed by atoms with E-state index < -0.39 is 11.8 Å². The first-order chi connectivity index (χ1) is 14.3. The van der Waals surface area contributed by atoms with Crippen molar-refractivity contribution in [3.8, 4) is 11.5 Å². The second-order valence-corrected chi connectivity index (χ2v) is 8.52. The lowest BCUT2D eigenvalue weighted by atomic mass is 10.0. The summed E-state index contributed by atoms with van der Waals surface area (Å²) in [5.41, 5.74) is 6.29. The molecule has 2 N–H and O–H groups in total. The van der Waals surface area contributed by atoms with Crippen molar-refractivity contribution in [2.45, 2.75) is 40.0 Å². The van der Waals surface area contributed by atoms with E-state index in [2.05, 4.69) is 54.5 Å². The maximum Gasteiger partial charge on any atom is 0.276 e. The SMILES string of the molecule is CC(C)CCOc1ccccc1C(=O)NNC(=O)COc1ccc(C(C)C)cc1Br. The standard InChI is InChI=1S/C23H29BrN2O4/c1-15(2)11-12-29-20-8-6-5-7-18(20)23(28)26-25-22(27)14-30-21-10-9-17(16(3)4)13-19(21)24/h5-10,13,15-16H,11-12,14H2,1-4H3,(H,25,27)(H,26,28). The lowest BCUT2D eigenvalue weighted by Crippen LogP contribution is -2.44. The van der Waals surface area contributed by atoms with Crippen LogP contribution in [0.25, 0.3) is 0 Å². The Labute approximate surface area is 186 Å². The highest BCUT2D eigenvalue weighted by molar-refractivity contribution is 9.10. The molecule has 0 spiro atoms. The third-order valence-electron chi connectivity index (χ3n) is 4.38. The summed E-state index contributed by atoms with van der Waals surface area (Å²) in [5.74, 6) is 1.02. The highest BCUT2D eigenvalue weighted by Gasteiger charge is 2.14. The van der Waals surface area contributed by atoms with Gasteiger partial charge in [-0.15, -0.1) is 0 Å². The predicted octanol–water partition coefficient (Wildman–Crippen LogP) is 4.84. The number of para-hydroxylation sites is 1. The van der Waals surface area contributed by atoms with Crippen molar-refractivity contribution >= 4 is 27.7 Å². The summed E-state index contributed by atoms with van der Waals surface area (Å²) in [6.45, 7) is 8.71. The van der Waals surface area contributed by atoms with Gasteiger partial charge in [-0.2, -0.15) is 0 Å². The van der Waals surface area contributed by atoms with E-state index in [1.54, 1.807) is 24.3 Å². The number of hydrazine groups is 1. The molecular weight excluding hydrogens is 448 g/mol. The number of amides is 2. The molecule has 0 aliphatic heterocycles. The molecule has 0 saturated carbocycles. The van der Waals surface area contributed by atoms with E-state index >= 15 is 0 Å². The summed E-state index contributed by atoms with van der Waals surface area (Å²) >= 11 is 3.46. The zero-order valence-electron chi connectivity index (χ0n) is 17.8. The molecule has 0 fully saturated rings. The summed E-state index contributed by atoms with van der Waals surface area (Å²) in [7, 11) is 0. The highest BCUT2D eigenvalue weighted by atomic mass is 79.9. The Kier molecular flexibility index (Phi) is 9.17. The van der Waals surface area contributed by atoms with E-state index in [1.165, 1.54) is 5.56 Å². The molecule has 2 aromatic rings. The smallest absolute Gasteiger partial charge is 0.276 e. The summed E-state index contributed by atoms with van der Waals surface area (Å²) in [5, 5.41) is 0. The van der Waals surface area contributed by atoms with Crippen LogP contribution >= 0.6 is 15.9 Å². The Balaban J connectivity index is 1.86. The third-order valence-corrected chi connectivity index (χ3v) is 5.00. The summed E-state index contributed by atoms with van der Waals surface area (Å²) in [6.07, 6.45) is 0.887. The Morgan fingerprint density at radius 1 is 0.967 bits per heavy atom. The molecule has 2 rings (SSSR count). The van der Waals surface area contributed by atoms with Gasteiger partial charge in [0, 0.05) is 0 Å². The van der Waals surface area contributed by atoms with Crippen LogP contribution in [0, 0.1) is 5.92 Å². The second-order valence-electron chi connectivity index (χ2n) is 7.66. The van der Waals surface area contributed by atoms with Crippen molar-refractivity contribution in [1.82, 2.24) is 10.9 Å². The second kappa shape index (κ2) is 11.6. The molecule has 0 aliphatic carbocycles. The van der Waals surface area contributed by atoms with Crippen LogP contribution in [0.1, 0.15) is 56.0 Å². The maximum atomic E-state index is 12.4. The summed E-state index contributed by atoms with van der Waals surface area (Å²) < 4.78 is 12.0. The first kappa shape index (κ1) is 23.7. The van der Waals surface area contributed by atoms with E-state index in [1.807, 2.05) is 18.2 Å². The topological polar surface area (TPSA) is 76.7 Å². The average Bonchev–Trinajstić information content (AvgIpc) is 2.71. The molecule has 0 atom stereocenters. The normalized spacial score (nSPS) is 10.8. The Morgan fingerprint density at radius 3 is 2.37 bits per heavy atom. The zero-order chi connectivity index (χ0) is 22.1. The summed E-state index contributed by atoms with van der Waals surface area (Å²) in [4.78, 5) is 24.5. The molecule has 0 bridgehead atoms. The van der Waals surface area contributed by atoms with Gasteiger partial charge in [-0.3, -0.25) is 20.4 Å². The number of carbonyl (C=O) groups is 2. The number of hydrogen-bond acceptors (Lipinski definition) is 4. The van der Waals surface area contributed by atoms with Gasteiger partial charge in [0.1, 0.15) is 11.5 Å². The van der Waals surface area contributed by atoms with Crippen LogP contribution in [-0.4, -0.2) is 25.0 Å². The molecule has 0 aliphatic rings. The number of rotatable bonds is 9. The van der Waals surface area contributed by atoms with Crippen molar-refractivity contribution in [3.63, 3.8) is 0 Å². The fourth-order valence-electron chi connectivity index (χ4n) is 2.55. The molecule has 0 aromatic heterocycles. The van der Waals surface area contributed by atoms with Gasteiger partial charge < -0.3 is 9.47 Å². The quantitative estimate of drug-likeness (QED) is 0.507. The van der Waals surface area contributed by atoms with Gasteiger partial charge >= 0.3 is 0 Å². The van der Waals surface area contributed by atoms with Gasteiger partial charge in [0.25, 0.3) is 11.8 Å². The first-order valence-corrected chi connectivity index (χ1v) is 10.8. The van der Waals surface area contributed by atoms with Crippen LogP contribution in [0.5, 0.6) is 11.5 Å². The lowest BCUT2D eigenvalue weighted by Gasteiger charge is -2.14. The van der Waals surface area contributed by atoms with Gasteiger partial charge in [0.15, 0.2) is 6.61 Å². The molecule has 7 heteroatoms. The summed E-state index contributed by atoms with van der Waals surface area (Å²) in [6, 6.07) is 12.7. The van der Waals surface area contributed by atoms with E-state index in [4.69, 9.17) is 9.47 Å². The minimum absolute atomic E-state index is 0.230. The number of halogens is 1. The van der Waals surface area contributed by atoms with E-state index in [-0.39, 0.29) is 6.61 Å². The van der Waals surface area contributed by atoms with Gasteiger partial charge in [-0.25, -0.2) is 0 Å². The Hall–Kier alpha value is -2.54. The fourth-order valence-corrected chi connectivity index (χ4v) is 3.06. The molecule has 0 saturated heterocycles. The number of ether oxygens (including phenoxy) is 2. The third kappa shape index (κ3) is 7.37. The van der Waals surface area contributed by atoms with Crippen molar-refractivity contribution < 1.29 is 19.1 Å². The Bertz CT molecular complexity index is 868. The van der Waals surface area contributed by atoms with E-state index in [0.717, 1.165) is 10.9 Å². The molecular formula is C23H29BrN2O4. The molecule has 162 valence electrons. The minimum Gasteiger partial charge on any atom is -0.493 e. The monoisotopic (exact) mass is 476 g/mol. The minimum atomic E-state index is -0.471. The van der Waals surface area contributed by atoms with Crippen molar-refractivity contribution in [2.75, 3.05) is 13.2 Å². The molecule has 0 unspecified atom stereocenters. The Morgan fingerprint density at radius 2 is 1.70 bits per heavy atom. The van der Waals surface area contributed by atoms with Gasteiger partial charge in [0.2, 0.25) is 0 Å². The number of nitrogens with one attached hydrogen (secondary N) is 2. The van der Waals surface area contributed by atoms with Crippen molar-refractivity contribution in [2.24, 2.45) is 5.92 Å². The van der Waals surface area contributed by atoms with Crippen LogP contribution in [0.2, 0.25) is 0 Å². The number of benzene rings is 2. The molecule has 2 amide bonds. The zero-order valence-corrected chi connectivity index (χ0v) is 19.4. The fraction of sp³-hybridized carbons (Fsp3) is 0.391. The largest absolute Gasteiger partial charge is 0.493 e. The number of hydrogen-bond donors (Lipinski definition) is 2.